The highest BCUT2D eigenvalue weighted by Gasteiger charge is 2.15. The summed E-state index contributed by atoms with van der Waals surface area (Å²) in [4.78, 5) is 22.9. The smallest absolute Gasteiger partial charge is 0.349 e. The fraction of sp³-hybridized carbons (Fsp3) is 0.125. The number of aryl methyl sites for hydroxylation is 1. The van der Waals surface area contributed by atoms with E-state index in [0.717, 1.165) is 5.56 Å². The Hall–Kier alpha value is -2.53. The van der Waals surface area contributed by atoms with E-state index >= 15 is 0 Å². The molecule has 0 atom stereocenters. The number of rotatable bonds is 5. The summed E-state index contributed by atoms with van der Waals surface area (Å²) in [6.07, 6.45) is 0. The number of carboxylic acid groups (broad SMARTS) is 1. The molecule has 114 valence electrons. The fourth-order valence-corrected chi connectivity index (χ4v) is 1.94. The van der Waals surface area contributed by atoms with E-state index in [9.17, 15) is 9.59 Å². The first-order chi connectivity index (χ1) is 10.5. The van der Waals surface area contributed by atoms with Crippen molar-refractivity contribution in [2.75, 3.05) is 6.61 Å². The van der Waals surface area contributed by atoms with Gasteiger partial charge in [-0.25, -0.2) is 9.59 Å². The summed E-state index contributed by atoms with van der Waals surface area (Å²) in [7, 11) is 0. The molecule has 0 aliphatic heterocycles. The Labute approximate surface area is 132 Å². The Morgan fingerprint density at radius 2 is 1.86 bits per heavy atom. The maximum absolute atomic E-state index is 11.8. The van der Waals surface area contributed by atoms with Crippen molar-refractivity contribution in [3.63, 3.8) is 0 Å². The monoisotopic (exact) mass is 320 g/mol. The van der Waals surface area contributed by atoms with Gasteiger partial charge in [-0.1, -0.05) is 29.8 Å². The molecule has 0 saturated carbocycles. The maximum Gasteiger partial charge on any atom is 0.349 e. The molecule has 1 N–H and O–H groups in total. The maximum atomic E-state index is 11.8. The second kappa shape index (κ2) is 6.95. The lowest BCUT2D eigenvalue weighted by molar-refractivity contribution is -0.136. The predicted molar refractivity (Wildman–Crippen MR) is 80.7 cm³/mol. The summed E-state index contributed by atoms with van der Waals surface area (Å²) in [5.41, 5.74) is 0.699. The topological polar surface area (TPSA) is 72.8 Å². The number of carbonyl (C=O) groups excluding carboxylic acids is 1. The molecule has 0 heterocycles. The number of hydrogen-bond acceptors (Lipinski definition) is 4. The third kappa shape index (κ3) is 3.99. The number of halogens is 1. The molecule has 22 heavy (non-hydrogen) atoms. The predicted octanol–water partition coefficient (Wildman–Crippen LogP) is 3.33. The fourth-order valence-electron chi connectivity index (χ4n) is 1.77. The van der Waals surface area contributed by atoms with Crippen LogP contribution in [0, 0.1) is 6.92 Å². The highest BCUT2D eigenvalue weighted by atomic mass is 35.5. The molecule has 0 radical (unpaired) electrons. The summed E-state index contributed by atoms with van der Waals surface area (Å²) < 4.78 is 10.4. The van der Waals surface area contributed by atoms with Crippen molar-refractivity contribution < 1.29 is 24.2 Å². The Morgan fingerprint density at radius 1 is 1.14 bits per heavy atom. The van der Waals surface area contributed by atoms with Gasteiger partial charge in [0.05, 0.1) is 0 Å². The molecule has 2 aromatic carbocycles. The van der Waals surface area contributed by atoms with Crippen molar-refractivity contribution in [2.24, 2.45) is 0 Å². The minimum Gasteiger partial charge on any atom is -0.482 e. The van der Waals surface area contributed by atoms with E-state index in [2.05, 4.69) is 0 Å². The number of aromatic carboxylic acids is 1. The minimum atomic E-state index is -1.23. The highest BCUT2D eigenvalue weighted by molar-refractivity contribution is 6.31. The number of esters is 1. The third-order valence-electron chi connectivity index (χ3n) is 2.83. The van der Waals surface area contributed by atoms with E-state index in [1.54, 1.807) is 12.1 Å². The zero-order valence-corrected chi connectivity index (χ0v) is 12.5. The van der Waals surface area contributed by atoms with Gasteiger partial charge < -0.3 is 14.6 Å². The van der Waals surface area contributed by atoms with E-state index in [1.807, 2.05) is 19.1 Å². The zero-order valence-electron chi connectivity index (χ0n) is 11.7. The number of benzene rings is 2. The molecule has 6 heteroatoms. The van der Waals surface area contributed by atoms with E-state index in [-0.39, 0.29) is 22.9 Å². The Bertz CT molecular complexity index is 711. The van der Waals surface area contributed by atoms with Crippen LogP contribution in [0.2, 0.25) is 5.02 Å². The largest absolute Gasteiger partial charge is 0.482 e. The van der Waals surface area contributed by atoms with E-state index in [1.165, 1.54) is 18.2 Å². The van der Waals surface area contributed by atoms with Crippen LogP contribution in [0.5, 0.6) is 11.5 Å². The average Bonchev–Trinajstić information content (AvgIpc) is 2.48. The summed E-state index contributed by atoms with van der Waals surface area (Å²) in [5.74, 6) is -1.44. The summed E-state index contributed by atoms with van der Waals surface area (Å²) in [6.45, 7) is 1.52. The number of ether oxygens (including phenoxy) is 2. The normalized spacial score (nSPS) is 10.1. The number of para-hydroxylation sites is 1. The second-order valence-corrected chi connectivity index (χ2v) is 4.91. The highest BCUT2D eigenvalue weighted by Crippen LogP contribution is 2.23. The number of carbonyl (C=O) groups is 2. The molecule has 5 nitrogen and oxygen atoms in total. The molecule has 2 rings (SSSR count). The summed E-state index contributed by atoms with van der Waals surface area (Å²) in [6, 6.07) is 11.2. The van der Waals surface area contributed by atoms with Gasteiger partial charge in [0.1, 0.15) is 17.1 Å². The van der Waals surface area contributed by atoms with Crippen molar-refractivity contribution in [2.45, 2.75) is 6.92 Å². The van der Waals surface area contributed by atoms with Crippen LogP contribution >= 0.6 is 11.6 Å². The Balaban J connectivity index is 2.04. The van der Waals surface area contributed by atoms with Crippen LogP contribution in [0.25, 0.3) is 0 Å². The van der Waals surface area contributed by atoms with Crippen molar-refractivity contribution >= 4 is 23.5 Å². The van der Waals surface area contributed by atoms with Crippen LogP contribution in [-0.2, 0) is 4.79 Å². The molecule has 0 aromatic heterocycles. The van der Waals surface area contributed by atoms with Gasteiger partial charge in [-0.2, -0.15) is 0 Å². The average molecular weight is 321 g/mol. The molecule has 0 bridgehead atoms. The second-order valence-electron chi connectivity index (χ2n) is 4.47. The first-order valence-corrected chi connectivity index (χ1v) is 6.77. The van der Waals surface area contributed by atoms with Gasteiger partial charge in [0.25, 0.3) is 0 Å². The Morgan fingerprint density at radius 3 is 2.55 bits per heavy atom. The molecule has 0 amide bonds. The van der Waals surface area contributed by atoms with Crippen LogP contribution in [0.3, 0.4) is 0 Å². The lowest BCUT2D eigenvalue weighted by atomic mass is 10.2. The first kappa shape index (κ1) is 15.9. The number of hydrogen-bond donors (Lipinski definition) is 1. The lowest BCUT2D eigenvalue weighted by Crippen LogP contribution is -2.19. The minimum absolute atomic E-state index is 0.0738. The van der Waals surface area contributed by atoms with Crippen LogP contribution in [0.4, 0.5) is 0 Å². The molecule has 0 aliphatic rings. The molecular weight excluding hydrogens is 308 g/mol. The van der Waals surface area contributed by atoms with E-state index < -0.39 is 11.9 Å². The zero-order chi connectivity index (χ0) is 16.1. The van der Waals surface area contributed by atoms with Crippen LogP contribution in [-0.4, -0.2) is 23.7 Å². The van der Waals surface area contributed by atoms with Gasteiger partial charge in [0.15, 0.2) is 6.61 Å². The van der Waals surface area contributed by atoms with E-state index in [4.69, 9.17) is 26.2 Å². The van der Waals surface area contributed by atoms with Crippen LogP contribution in [0.1, 0.15) is 15.9 Å². The van der Waals surface area contributed by atoms with Crippen molar-refractivity contribution in [3.05, 3.63) is 58.6 Å². The van der Waals surface area contributed by atoms with Crippen molar-refractivity contribution in [3.8, 4) is 11.5 Å². The van der Waals surface area contributed by atoms with Crippen molar-refractivity contribution in [1.29, 1.82) is 0 Å². The molecule has 2 aromatic rings. The third-order valence-corrected chi connectivity index (χ3v) is 3.07. The summed E-state index contributed by atoms with van der Waals surface area (Å²) >= 11 is 5.73. The Kier molecular flexibility index (Phi) is 5.01. The molecule has 0 saturated heterocycles. The van der Waals surface area contributed by atoms with Crippen molar-refractivity contribution in [1.82, 2.24) is 0 Å². The SMILES string of the molecule is Cc1ccccc1OCC(=O)Oc1ccc(Cl)cc1C(=O)O. The molecule has 0 fully saturated rings. The van der Waals surface area contributed by atoms with Gasteiger partial charge in [0, 0.05) is 5.02 Å². The first-order valence-electron chi connectivity index (χ1n) is 6.39. The summed E-state index contributed by atoms with van der Waals surface area (Å²) in [5, 5.41) is 9.31. The van der Waals surface area contributed by atoms with Gasteiger partial charge in [-0.3, -0.25) is 0 Å². The number of carboxylic acids is 1. The molecule has 0 spiro atoms. The quantitative estimate of drug-likeness (QED) is 0.675. The van der Waals surface area contributed by atoms with Gasteiger partial charge in [0.2, 0.25) is 0 Å². The van der Waals surface area contributed by atoms with Crippen LogP contribution in [0.15, 0.2) is 42.5 Å². The van der Waals surface area contributed by atoms with Gasteiger partial charge >= 0.3 is 11.9 Å². The lowest BCUT2D eigenvalue weighted by Gasteiger charge is -2.10. The molecular formula is C16H13ClO5. The van der Waals surface area contributed by atoms with Gasteiger partial charge in [-0.15, -0.1) is 0 Å². The molecule has 0 unspecified atom stereocenters. The van der Waals surface area contributed by atoms with Crippen LogP contribution < -0.4 is 9.47 Å². The van der Waals surface area contributed by atoms with E-state index in [0.29, 0.717) is 5.75 Å². The van der Waals surface area contributed by atoms with Gasteiger partial charge in [-0.05, 0) is 36.8 Å². The molecule has 0 aliphatic carbocycles. The standard InChI is InChI=1S/C16H13ClO5/c1-10-4-2-3-5-13(10)21-9-15(18)22-14-7-6-11(17)8-12(14)16(19)20/h2-8H,9H2,1H3,(H,19,20).